The molecule has 0 radical (unpaired) electrons. The van der Waals surface area contributed by atoms with E-state index in [1.165, 1.54) is 14.2 Å². The fraction of sp³-hybridized carbons (Fsp3) is 0.409. The summed E-state index contributed by atoms with van der Waals surface area (Å²) in [7, 11) is 2.58. The Labute approximate surface area is 338 Å². The second-order valence-corrected chi connectivity index (χ2v) is 15.8. The van der Waals surface area contributed by atoms with Crippen LogP contribution in [0.25, 0.3) is 44.4 Å². The van der Waals surface area contributed by atoms with Crippen LogP contribution in [-0.4, -0.2) is 93.1 Å². The van der Waals surface area contributed by atoms with Crippen molar-refractivity contribution in [3.05, 3.63) is 84.7 Å². The van der Waals surface area contributed by atoms with Crippen LogP contribution in [0.3, 0.4) is 0 Å². The van der Waals surface area contributed by atoms with Gasteiger partial charge in [-0.2, -0.15) is 0 Å². The van der Waals surface area contributed by atoms with Crippen LogP contribution in [0.2, 0.25) is 0 Å². The Bertz CT molecular complexity index is 2280. The number of methoxy groups -OCH3 is 2. The minimum Gasteiger partial charge on any atom is -0.453 e. The highest BCUT2D eigenvalue weighted by Gasteiger charge is 2.39. The first kappa shape index (κ1) is 40.0. The van der Waals surface area contributed by atoms with E-state index in [1.807, 2.05) is 49.9 Å². The van der Waals surface area contributed by atoms with Gasteiger partial charge in [0.05, 0.1) is 50.1 Å². The zero-order valence-corrected chi connectivity index (χ0v) is 33.9. The number of ether oxygens (including phenoxy) is 2. The summed E-state index contributed by atoms with van der Waals surface area (Å²) in [6.07, 6.45) is 5.65. The van der Waals surface area contributed by atoms with Gasteiger partial charge >= 0.3 is 12.2 Å². The molecule has 2 saturated heterocycles. The molecule has 14 nitrogen and oxygen atoms in total. The van der Waals surface area contributed by atoms with Crippen LogP contribution in [0.4, 0.5) is 9.59 Å². The number of fused-ring (bicyclic) bond motifs is 1. The van der Waals surface area contributed by atoms with Crippen LogP contribution < -0.4 is 10.6 Å². The van der Waals surface area contributed by atoms with E-state index >= 15 is 0 Å². The van der Waals surface area contributed by atoms with Crippen molar-refractivity contribution in [2.75, 3.05) is 27.3 Å². The van der Waals surface area contributed by atoms with Crippen LogP contribution in [0.5, 0.6) is 0 Å². The lowest BCUT2D eigenvalue weighted by Crippen LogP contribution is -2.51. The third-order valence-corrected chi connectivity index (χ3v) is 11.4. The van der Waals surface area contributed by atoms with Crippen LogP contribution in [0.15, 0.2) is 73.1 Å². The van der Waals surface area contributed by atoms with Crippen LogP contribution in [0, 0.1) is 11.8 Å². The molecule has 5 aromatic rings. The summed E-state index contributed by atoms with van der Waals surface area (Å²) in [5.74, 6) is 0.972. The fourth-order valence-corrected chi connectivity index (χ4v) is 8.13. The molecule has 3 aromatic carbocycles. The predicted molar refractivity (Wildman–Crippen MR) is 220 cm³/mol. The highest BCUT2D eigenvalue weighted by atomic mass is 16.5. The van der Waals surface area contributed by atoms with Gasteiger partial charge in [-0.1, -0.05) is 76.2 Å². The number of imidazole rings is 2. The van der Waals surface area contributed by atoms with Gasteiger partial charge in [-0.25, -0.2) is 19.6 Å². The van der Waals surface area contributed by atoms with Gasteiger partial charge in [0.1, 0.15) is 23.7 Å². The SMILES string of the molecule is COC(=O)NC(C(=O)N1CCC[C@H]1c1ncc(-c2ccc(-c3ccc4cc(-c5cnc([C@@H]6CCCN6C(=O)C(NC(=O)OC)C(C)C)[nH]5)ccc4c3)cc2)[nH]1)C(C)C. The number of benzene rings is 3. The lowest BCUT2D eigenvalue weighted by molar-refractivity contribution is -0.136. The molecule has 304 valence electrons. The zero-order valence-electron chi connectivity index (χ0n) is 33.9. The Morgan fingerprint density at radius 1 is 0.621 bits per heavy atom. The number of H-pyrrole nitrogens is 2. The highest BCUT2D eigenvalue weighted by molar-refractivity contribution is 5.91. The average Bonchev–Trinajstić information content (AvgIpc) is 4.07. The monoisotopic (exact) mass is 788 g/mol. The number of amides is 4. The molecule has 2 fully saturated rings. The quantitative estimate of drug-likeness (QED) is 0.107. The standard InChI is InChI=1S/C44H52N8O6/c1-25(2)37(49-43(55)57-5)41(53)51-19-7-9-35(51)39-45-23-33(47-39)28-13-11-27(12-14-28)29-15-16-31-22-32(18-17-30(31)21-29)34-24-46-40(48-34)36-10-8-20-52(36)42(54)38(26(3)4)50-44(56)58-6/h11-18,21-26,35-38H,7-10,19-20H2,1-6H3,(H,45,47)(H,46,48)(H,49,55)(H,50,56)/t35-,36-,37?,38?/m0/s1. The van der Waals surface area contributed by atoms with E-state index in [0.717, 1.165) is 81.7 Å². The first-order valence-electron chi connectivity index (χ1n) is 20.0. The Morgan fingerprint density at radius 3 is 1.50 bits per heavy atom. The molecule has 0 saturated carbocycles. The number of aromatic amines is 2. The van der Waals surface area contributed by atoms with Gasteiger partial charge in [0.25, 0.3) is 0 Å². The van der Waals surface area contributed by atoms with Crippen molar-refractivity contribution in [3.63, 3.8) is 0 Å². The maximum absolute atomic E-state index is 13.6. The van der Waals surface area contributed by atoms with Crippen molar-refractivity contribution in [2.24, 2.45) is 11.8 Å². The van der Waals surface area contributed by atoms with E-state index in [9.17, 15) is 19.2 Å². The number of nitrogens with zero attached hydrogens (tertiary/aromatic N) is 4. The van der Waals surface area contributed by atoms with Crippen LogP contribution in [-0.2, 0) is 19.1 Å². The van der Waals surface area contributed by atoms with Gasteiger partial charge in [-0.05, 0) is 77.1 Å². The van der Waals surface area contributed by atoms with E-state index in [1.54, 1.807) is 0 Å². The van der Waals surface area contributed by atoms with E-state index in [4.69, 9.17) is 14.5 Å². The summed E-state index contributed by atoms with van der Waals surface area (Å²) in [6, 6.07) is 19.3. The van der Waals surface area contributed by atoms with E-state index in [-0.39, 0.29) is 35.7 Å². The number of alkyl carbamates (subject to hydrolysis) is 2. The van der Waals surface area contributed by atoms with Crippen LogP contribution >= 0.6 is 0 Å². The molecule has 0 bridgehead atoms. The highest BCUT2D eigenvalue weighted by Crippen LogP contribution is 2.35. The normalized spacial score (nSPS) is 17.8. The number of aromatic nitrogens is 4. The number of nitrogens with one attached hydrogen (secondary N) is 4. The Hall–Kier alpha value is -6.18. The maximum Gasteiger partial charge on any atom is 0.407 e. The maximum atomic E-state index is 13.6. The molecule has 2 unspecified atom stereocenters. The summed E-state index contributed by atoms with van der Waals surface area (Å²) in [4.78, 5) is 71.0. The molecule has 7 rings (SSSR count). The summed E-state index contributed by atoms with van der Waals surface area (Å²) in [6.45, 7) is 8.81. The van der Waals surface area contributed by atoms with Gasteiger partial charge in [0.2, 0.25) is 11.8 Å². The summed E-state index contributed by atoms with van der Waals surface area (Å²) in [5.41, 5.74) is 5.88. The summed E-state index contributed by atoms with van der Waals surface area (Å²) < 4.78 is 9.53. The lowest BCUT2D eigenvalue weighted by Gasteiger charge is -2.30. The molecule has 4 N–H and O–H groups in total. The molecule has 58 heavy (non-hydrogen) atoms. The smallest absolute Gasteiger partial charge is 0.407 e. The Morgan fingerprint density at radius 2 is 1.03 bits per heavy atom. The van der Waals surface area contributed by atoms with Crippen molar-refractivity contribution < 1.29 is 28.7 Å². The van der Waals surface area contributed by atoms with Crippen molar-refractivity contribution in [3.8, 4) is 33.6 Å². The Kier molecular flexibility index (Phi) is 11.8. The molecule has 0 spiro atoms. The van der Waals surface area contributed by atoms with Gasteiger partial charge in [-0.3, -0.25) is 9.59 Å². The van der Waals surface area contributed by atoms with E-state index in [2.05, 4.69) is 86.2 Å². The molecule has 4 amide bonds. The van der Waals surface area contributed by atoms with Crippen molar-refractivity contribution >= 4 is 34.8 Å². The predicted octanol–water partition coefficient (Wildman–Crippen LogP) is 7.38. The summed E-state index contributed by atoms with van der Waals surface area (Å²) in [5, 5.41) is 7.59. The minimum atomic E-state index is -0.688. The number of hydrogen-bond acceptors (Lipinski definition) is 8. The molecule has 2 aliphatic heterocycles. The van der Waals surface area contributed by atoms with Gasteiger partial charge in [0, 0.05) is 18.7 Å². The van der Waals surface area contributed by atoms with Crippen molar-refractivity contribution in [1.29, 1.82) is 0 Å². The third-order valence-electron chi connectivity index (χ3n) is 11.4. The topological polar surface area (TPSA) is 175 Å². The number of hydrogen-bond donors (Lipinski definition) is 4. The largest absolute Gasteiger partial charge is 0.453 e. The minimum absolute atomic E-state index is 0.104. The molecule has 14 heteroatoms. The van der Waals surface area contributed by atoms with Crippen molar-refractivity contribution in [2.45, 2.75) is 77.5 Å². The zero-order chi connectivity index (χ0) is 41.1. The second kappa shape index (κ2) is 17.1. The van der Waals surface area contributed by atoms with E-state index < -0.39 is 24.3 Å². The van der Waals surface area contributed by atoms with E-state index in [0.29, 0.717) is 13.1 Å². The number of carbonyl (C=O) groups excluding carboxylic acids is 4. The summed E-state index contributed by atoms with van der Waals surface area (Å²) >= 11 is 0. The lowest BCUT2D eigenvalue weighted by atomic mass is 9.98. The van der Waals surface area contributed by atoms with Crippen molar-refractivity contribution in [1.82, 2.24) is 40.4 Å². The molecule has 4 atom stereocenters. The molecular formula is C44H52N8O6. The second-order valence-electron chi connectivity index (χ2n) is 15.8. The third kappa shape index (κ3) is 8.27. The average molecular weight is 789 g/mol. The Balaban J connectivity index is 1.02. The van der Waals surface area contributed by atoms with Gasteiger partial charge < -0.3 is 39.9 Å². The van der Waals surface area contributed by atoms with Crippen LogP contribution in [0.1, 0.15) is 77.1 Å². The number of rotatable bonds is 11. The van der Waals surface area contributed by atoms with Gasteiger partial charge in [0.15, 0.2) is 0 Å². The molecule has 2 aromatic heterocycles. The molecular weight excluding hydrogens is 737 g/mol. The number of carbonyl (C=O) groups is 4. The first-order chi connectivity index (χ1) is 27.9. The molecule has 4 heterocycles. The first-order valence-corrected chi connectivity index (χ1v) is 20.0. The number of likely N-dealkylation sites (tertiary alicyclic amines) is 2. The fourth-order valence-electron chi connectivity index (χ4n) is 8.13. The van der Waals surface area contributed by atoms with Gasteiger partial charge in [-0.15, -0.1) is 0 Å². The molecule has 2 aliphatic rings. The molecule has 0 aliphatic carbocycles.